The predicted octanol–water partition coefficient (Wildman–Crippen LogP) is 3.48. The minimum absolute atomic E-state index is 0.0724. The van der Waals surface area contributed by atoms with Crippen LogP contribution in [0.15, 0.2) is 59.6 Å². The molecule has 2 aliphatic rings. The Bertz CT molecular complexity index is 1130. The highest BCUT2D eigenvalue weighted by molar-refractivity contribution is 7.97. The molecular weight excluding hydrogens is 466 g/mol. The fraction of sp³-hybridized carbons (Fsp3) is 0.320. The van der Waals surface area contributed by atoms with E-state index < -0.39 is 5.91 Å². The van der Waals surface area contributed by atoms with Crippen molar-refractivity contribution in [1.82, 2.24) is 14.3 Å². The van der Waals surface area contributed by atoms with Gasteiger partial charge in [0.05, 0.1) is 51.5 Å². The highest BCUT2D eigenvalue weighted by Gasteiger charge is 2.15. The molecule has 10 heteroatoms. The number of likely N-dealkylation sites (N-methyl/N-ethyl adjacent to an activating group) is 1. The van der Waals surface area contributed by atoms with Crippen LogP contribution in [0.5, 0.6) is 0 Å². The van der Waals surface area contributed by atoms with E-state index in [4.69, 9.17) is 19.9 Å². The van der Waals surface area contributed by atoms with E-state index in [0.717, 1.165) is 22.6 Å². The summed E-state index contributed by atoms with van der Waals surface area (Å²) < 4.78 is 19.0. The number of ether oxygens (including phenoxy) is 3. The van der Waals surface area contributed by atoms with E-state index in [0.29, 0.717) is 51.0 Å². The van der Waals surface area contributed by atoms with Crippen LogP contribution in [-0.2, 0) is 20.8 Å². The molecule has 0 saturated carbocycles. The van der Waals surface area contributed by atoms with Crippen molar-refractivity contribution in [2.24, 2.45) is 0 Å². The van der Waals surface area contributed by atoms with Crippen LogP contribution in [0.25, 0.3) is 11.3 Å². The summed E-state index contributed by atoms with van der Waals surface area (Å²) in [4.78, 5) is 22.7. The van der Waals surface area contributed by atoms with Gasteiger partial charge in [0, 0.05) is 22.7 Å². The summed E-state index contributed by atoms with van der Waals surface area (Å²) in [5.74, 6) is -0.350. The molecule has 3 N–H and O–H groups in total. The summed E-state index contributed by atoms with van der Waals surface area (Å²) in [6, 6.07) is 15.4. The van der Waals surface area contributed by atoms with Crippen LogP contribution in [0.4, 0.5) is 11.5 Å². The maximum atomic E-state index is 12.9. The highest BCUT2D eigenvalue weighted by Crippen LogP contribution is 2.25. The zero-order valence-electron chi connectivity index (χ0n) is 19.6. The molecule has 0 fully saturated rings. The van der Waals surface area contributed by atoms with E-state index in [2.05, 4.69) is 19.6 Å². The number of carbonyl (C=O) groups is 1. The molecule has 2 aromatic carbocycles. The van der Waals surface area contributed by atoms with Gasteiger partial charge in [-0.3, -0.25) is 4.79 Å². The number of rotatable bonds is 0. The lowest BCUT2D eigenvalue weighted by molar-refractivity contribution is 0.0100. The van der Waals surface area contributed by atoms with Crippen molar-refractivity contribution in [3.05, 3.63) is 66.0 Å². The first-order valence-electron chi connectivity index (χ1n) is 11.3. The third-order valence-corrected chi connectivity index (χ3v) is 6.15. The molecule has 2 aliphatic heterocycles. The van der Waals surface area contributed by atoms with Gasteiger partial charge in [0.1, 0.15) is 0 Å². The summed E-state index contributed by atoms with van der Waals surface area (Å²) >= 11 is 1.62. The number of benzene rings is 2. The third-order valence-electron chi connectivity index (χ3n) is 5.18. The maximum absolute atomic E-state index is 12.9. The Morgan fingerprint density at radius 3 is 2.54 bits per heavy atom. The fourth-order valence-electron chi connectivity index (χ4n) is 3.37. The second-order valence-electron chi connectivity index (χ2n) is 7.89. The van der Waals surface area contributed by atoms with Gasteiger partial charge in [-0.15, -0.1) is 0 Å². The number of nitrogens with two attached hydrogens (primary N) is 1. The highest BCUT2D eigenvalue weighted by atomic mass is 32.2. The first kappa shape index (κ1) is 25.1. The second-order valence-corrected chi connectivity index (χ2v) is 9.17. The number of amides is 1. The summed E-state index contributed by atoms with van der Waals surface area (Å²) in [5, 5.41) is 2.86. The Hall–Kier alpha value is -3.02. The Kier molecular flexibility index (Phi) is 9.04. The van der Waals surface area contributed by atoms with Gasteiger partial charge < -0.3 is 25.3 Å². The first-order valence-corrected chi connectivity index (χ1v) is 12.1. The van der Waals surface area contributed by atoms with Crippen LogP contribution >= 0.6 is 11.9 Å². The van der Waals surface area contributed by atoms with Crippen LogP contribution in [0.1, 0.15) is 16.1 Å². The van der Waals surface area contributed by atoms with Crippen molar-refractivity contribution < 1.29 is 19.0 Å². The van der Waals surface area contributed by atoms with Gasteiger partial charge in [-0.2, -0.15) is 0 Å². The van der Waals surface area contributed by atoms with E-state index in [1.165, 1.54) is 0 Å². The summed E-state index contributed by atoms with van der Waals surface area (Å²) in [5.41, 5.74) is 9.02. The molecule has 3 aromatic rings. The molecule has 1 aromatic heterocycles. The van der Waals surface area contributed by atoms with Crippen molar-refractivity contribution in [1.29, 1.82) is 0 Å². The SMILES string of the molecule is CN1CCOCCOCCOCc2cccc(c2)NC(=O)c2nc(cnc2N)-c2ccc(cc2)S1. The third kappa shape index (κ3) is 7.48. The Morgan fingerprint density at radius 2 is 1.74 bits per heavy atom. The zero-order chi connectivity index (χ0) is 24.5. The zero-order valence-corrected chi connectivity index (χ0v) is 20.4. The molecule has 1 amide bonds. The topological polar surface area (TPSA) is 112 Å². The van der Waals surface area contributed by atoms with E-state index in [1.54, 1.807) is 24.2 Å². The Morgan fingerprint density at radius 1 is 1.00 bits per heavy atom. The van der Waals surface area contributed by atoms with Crippen molar-refractivity contribution in [3.8, 4) is 11.3 Å². The number of hydrogen-bond acceptors (Lipinski definition) is 9. The number of hydrogen-bond donors (Lipinski definition) is 2. The average molecular weight is 496 g/mol. The Balaban J connectivity index is 1.54. The summed E-state index contributed by atoms with van der Waals surface area (Å²) in [7, 11) is 2.02. The van der Waals surface area contributed by atoms with Gasteiger partial charge in [-0.05, 0) is 48.8 Å². The summed E-state index contributed by atoms with van der Waals surface area (Å²) in [6.45, 7) is 3.81. The lowest BCUT2D eigenvalue weighted by Crippen LogP contribution is -2.18. The number of fused-ring (bicyclic) bond motifs is 14. The molecule has 5 rings (SSSR count). The number of nitrogens with zero attached hydrogens (tertiary/aromatic N) is 3. The van der Waals surface area contributed by atoms with Crippen LogP contribution in [-0.4, -0.2) is 66.8 Å². The molecule has 0 spiro atoms. The Labute approximate surface area is 209 Å². The van der Waals surface area contributed by atoms with Crippen molar-refractivity contribution in [3.63, 3.8) is 0 Å². The van der Waals surface area contributed by atoms with Gasteiger partial charge >= 0.3 is 0 Å². The van der Waals surface area contributed by atoms with Crippen molar-refractivity contribution in [2.75, 3.05) is 57.7 Å². The van der Waals surface area contributed by atoms with E-state index in [-0.39, 0.29) is 11.5 Å². The normalized spacial score (nSPS) is 16.9. The van der Waals surface area contributed by atoms with Gasteiger partial charge in [0.15, 0.2) is 11.5 Å². The second kappa shape index (κ2) is 12.6. The van der Waals surface area contributed by atoms with Gasteiger partial charge in [0.2, 0.25) is 0 Å². The molecular formula is C25H29N5O4S. The number of aromatic nitrogens is 2. The number of carbonyl (C=O) groups excluding carboxylic acids is 1. The molecule has 184 valence electrons. The van der Waals surface area contributed by atoms with Crippen LogP contribution in [0.3, 0.4) is 0 Å². The quantitative estimate of drug-likeness (QED) is 0.358. The van der Waals surface area contributed by atoms with E-state index in [9.17, 15) is 4.79 Å². The number of nitrogens with one attached hydrogen (secondary N) is 1. The van der Waals surface area contributed by atoms with E-state index in [1.807, 2.05) is 49.5 Å². The maximum Gasteiger partial charge on any atom is 0.278 e. The standard InChI is InChI=1S/C25H29N5O4S/c1-30-9-10-32-11-12-33-13-14-34-17-18-3-2-4-20(15-18)28-25(31)23-24(26)27-16-22(29-23)19-5-7-21(35-30)8-6-19/h2-8,15-16H,9-14,17H2,1H3,(H2,26,27)(H,28,31). The van der Waals surface area contributed by atoms with Crippen molar-refractivity contribution >= 4 is 29.4 Å². The largest absolute Gasteiger partial charge is 0.382 e. The van der Waals surface area contributed by atoms with Crippen LogP contribution in [0.2, 0.25) is 0 Å². The number of nitrogen functional groups attached to an aromatic ring is 1. The van der Waals surface area contributed by atoms with Gasteiger partial charge in [-0.1, -0.05) is 24.3 Å². The molecule has 35 heavy (non-hydrogen) atoms. The fourth-order valence-corrected chi connectivity index (χ4v) is 4.15. The summed E-state index contributed by atoms with van der Waals surface area (Å²) in [6.07, 6.45) is 1.57. The van der Waals surface area contributed by atoms with Gasteiger partial charge in [-0.25, -0.2) is 14.3 Å². The predicted molar refractivity (Wildman–Crippen MR) is 136 cm³/mol. The molecule has 6 bridgehead atoms. The minimum atomic E-state index is -0.422. The first-order chi connectivity index (χ1) is 17.1. The minimum Gasteiger partial charge on any atom is -0.382 e. The molecule has 0 atom stereocenters. The van der Waals surface area contributed by atoms with Crippen LogP contribution in [0, 0.1) is 0 Å². The molecule has 9 nitrogen and oxygen atoms in total. The molecule has 0 radical (unpaired) electrons. The molecule has 0 unspecified atom stereocenters. The number of anilines is 2. The monoisotopic (exact) mass is 495 g/mol. The molecule has 3 heterocycles. The smallest absolute Gasteiger partial charge is 0.278 e. The molecule has 0 saturated heterocycles. The average Bonchev–Trinajstić information content (AvgIpc) is 2.85. The van der Waals surface area contributed by atoms with Crippen molar-refractivity contribution in [2.45, 2.75) is 11.5 Å². The lowest BCUT2D eigenvalue weighted by atomic mass is 10.1. The molecule has 0 aliphatic carbocycles. The van der Waals surface area contributed by atoms with Gasteiger partial charge in [0.25, 0.3) is 5.91 Å². The lowest BCUT2D eigenvalue weighted by Gasteiger charge is -2.16. The van der Waals surface area contributed by atoms with Crippen LogP contribution < -0.4 is 11.1 Å². The van der Waals surface area contributed by atoms with E-state index >= 15 is 0 Å².